The maximum atomic E-state index is 10.2. The smallest absolute Gasteiger partial charge is 0.123 e. The highest BCUT2D eigenvalue weighted by Crippen LogP contribution is 2.15. The monoisotopic (exact) mass is 266 g/mol. The highest BCUT2D eigenvalue weighted by atomic mass is 16.5. The second-order valence-electron chi connectivity index (χ2n) is 4.33. The Bertz CT molecular complexity index is 296. The third-order valence-electron chi connectivity index (χ3n) is 2.94. The molecule has 1 aromatic rings. The quantitative estimate of drug-likeness (QED) is 0.697. The number of rotatable bonds is 7. The van der Waals surface area contributed by atoms with Crippen LogP contribution in [0, 0.1) is 5.92 Å². The molecule has 1 rings (SSSR count). The Hall–Kier alpha value is -1.51. The van der Waals surface area contributed by atoms with Crippen LogP contribution in [0.5, 0.6) is 11.5 Å². The van der Waals surface area contributed by atoms with Crippen LogP contribution in [0.15, 0.2) is 24.3 Å². The van der Waals surface area contributed by atoms with E-state index in [9.17, 15) is 4.79 Å². The maximum absolute atomic E-state index is 10.2. The van der Waals surface area contributed by atoms with Crippen LogP contribution in [0.25, 0.3) is 0 Å². The maximum Gasteiger partial charge on any atom is 0.123 e. The highest BCUT2D eigenvalue weighted by molar-refractivity contribution is 5.53. The van der Waals surface area contributed by atoms with Gasteiger partial charge < -0.3 is 14.3 Å². The van der Waals surface area contributed by atoms with Crippen molar-refractivity contribution in [3.05, 3.63) is 24.3 Å². The van der Waals surface area contributed by atoms with Crippen LogP contribution in [-0.2, 0) is 4.79 Å². The molecule has 0 radical (unpaired) electrons. The summed E-state index contributed by atoms with van der Waals surface area (Å²) < 4.78 is 9.92. The van der Waals surface area contributed by atoms with Gasteiger partial charge in [0.15, 0.2) is 0 Å². The number of benzene rings is 1. The molecule has 0 fully saturated rings. The molecule has 1 aromatic carbocycles. The van der Waals surface area contributed by atoms with Crippen LogP contribution in [0.1, 0.15) is 39.5 Å². The van der Waals surface area contributed by atoms with E-state index in [0.29, 0.717) is 5.92 Å². The lowest BCUT2D eigenvalue weighted by atomic mass is 10.0. The summed E-state index contributed by atoms with van der Waals surface area (Å²) in [5.41, 5.74) is 0. The Morgan fingerprint density at radius 3 is 1.79 bits per heavy atom. The molecule has 0 saturated carbocycles. The van der Waals surface area contributed by atoms with Gasteiger partial charge in [0.05, 0.1) is 14.2 Å². The topological polar surface area (TPSA) is 35.5 Å². The number of methoxy groups -OCH3 is 2. The highest BCUT2D eigenvalue weighted by Gasteiger charge is 2.01. The molecule has 0 heterocycles. The van der Waals surface area contributed by atoms with E-state index in [1.165, 1.54) is 12.8 Å². The van der Waals surface area contributed by atoms with Crippen LogP contribution in [0.4, 0.5) is 0 Å². The standard InChI is InChI=1S/C8H10O2.C8H16O/c1-9-7-3-5-8(10-2)6-4-7;1-3-5-6-8(4-2)7-9/h3-6H,1-2H3;7-8H,3-6H2,1-2H3. The van der Waals surface area contributed by atoms with E-state index in [1.54, 1.807) is 14.2 Å². The summed E-state index contributed by atoms with van der Waals surface area (Å²) in [4.78, 5) is 10.2. The van der Waals surface area contributed by atoms with E-state index < -0.39 is 0 Å². The van der Waals surface area contributed by atoms with Crippen molar-refractivity contribution in [1.82, 2.24) is 0 Å². The zero-order valence-electron chi connectivity index (χ0n) is 12.5. The van der Waals surface area contributed by atoms with Gasteiger partial charge in [0, 0.05) is 5.92 Å². The Balaban J connectivity index is 0.000000344. The summed E-state index contributed by atoms with van der Waals surface area (Å²) in [6, 6.07) is 7.44. The van der Waals surface area contributed by atoms with E-state index in [1.807, 2.05) is 24.3 Å². The van der Waals surface area contributed by atoms with Crippen LogP contribution in [-0.4, -0.2) is 20.5 Å². The van der Waals surface area contributed by atoms with Crippen LogP contribution >= 0.6 is 0 Å². The normalized spacial score (nSPS) is 10.9. The van der Waals surface area contributed by atoms with Crippen molar-refractivity contribution in [2.75, 3.05) is 14.2 Å². The zero-order chi connectivity index (χ0) is 14.5. The summed E-state index contributed by atoms with van der Waals surface area (Å²) in [5.74, 6) is 2.02. The van der Waals surface area contributed by atoms with Crippen LogP contribution in [0.3, 0.4) is 0 Å². The van der Waals surface area contributed by atoms with Crippen molar-refractivity contribution in [2.24, 2.45) is 5.92 Å². The number of ether oxygens (including phenoxy) is 2. The number of carbonyl (C=O) groups excluding carboxylic acids is 1. The van der Waals surface area contributed by atoms with Gasteiger partial charge in [-0.2, -0.15) is 0 Å². The van der Waals surface area contributed by atoms with Gasteiger partial charge in [-0.25, -0.2) is 0 Å². The first kappa shape index (κ1) is 17.5. The molecular weight excluding hydrogens is 240 g/mol. The predicted molar refractivity (Wildman–Crippen MR) is 78.9 cm³/mol. The molecule has 0 aliphatic heterocycles. The van der Waals surface area contributed by atoms with Crippen LogP contribution < -0.4 is 9.47 Å². The third-order valence-corrected chi connectivity index (χ3v) is 2.94. The van der Waals surface area contributed by atoms with Gasteiger partial charge in [-0.1, -0.05) is 26.7 Å². The van der Waals surface area contributed by atoms with Gasteiger partial charge in [-0.15, -0.1) is 0 Å². The SMILES string of the molecule is CCCCC(C=O)CC.COc1ccc(OC)cc1. The molecule has 0 aromatic heterocycles. The second-order valence-corrected chi connectivity index (χ2v) is 4.33. The van der Waals surface area contributed by atoms with Crippen molar-refractivity contribution < 1.29 is 14.3 Å². The molecule has 3 nitrogen and oxygen atoms in total. The van der Waals surface area contributed by atoms with Crippen molar-refractivity contribution in [2.45, 2.75) is 39.5 Å². The molecule has 19 heavy (non-hydrogen) atoms. The second kappa shape index (κ2) is 11.6. The Labute approximate surface area is 116 Å². The molecule has 0 amide bonds. The lowest BCUT2D eigenvalue weighted by Crippen LogP contribution is -1.98. The molecule has 0 N–H and O–H groups in total. The molecule has 1 unspecified atom stereocenters. The van der Waals surface area contributed by atoms with E-state index >= 15 is 0 Å². The number of unbranched alkanes of at least 4 members (excludes halogenated alkanes) is 1. The minimum atomic E-state index is 0.324. The van der Waals surface area contributed by atoms with Crippen molar-refractivity contribution in [3.63, 3.8) is 0 Å². The first-order valence-corrected chi connectivity index (χ1v) is 6.85. The molecule has 0 aliphatic carbocycles. The minimum Gasteiger partial charge on any atom is -0.497 e. The molecular formula is C16H26O3. The summed E-state index contributed by atoms with van der Waals surface area (Å²) in [6.07, 6.45) is 5.55. The lowest BCUT2D eigenvalue weighted by Gasteiger charge is -2.03. The van der Waals surface area contributed by atoms with Gasteiger partial charge in [0.2, 0.25) is 0 Å². The Kier molecular flexibility index (Phi) is 10.7. The molecule has 1 atom stereocenters. The lowest BCUT2D eigenvalue weighted by molar-refractivity contribution is -0.111. The summed E-state index contributed by atoms with van der Waals surface area (Å²) in [6.45, 7) is 4.21. The number of hydrogen-bond acceptors (Lipinski definition) is 3. The molecule has 0 bridgehead atoms. The Morgan fingerprint density at radius 1 is 1.05 bits per heavy atom. The molecule has 108 valence electrons. The fourth-order valence-electron chi connectivity index (χ4n) is 1.55. The van der Waals surface area contributed by atoms with E-state index in [4.69, 9.17) is 9.47 Å². The van der Waals surface area contributed by atoms with Gasteiger partial charge in [-0.3, -0.25) is 0 Å². The average Bonchev–Trinajstić information content (AvgIpc) is 2.49. The van der Waals surface area contributed by atoms with Gasteiger partial charge >= 0.3 is 0 Å². The van der Waals surface area contributed by atoms with Gasteiger partial charge in [0.1, 0.15) is 17.8 Å². The largest absolute Gasteiger partial charge is 0.497 e. The molecule has 0 aliphatic rings. The minimum absolute atomic E-state index is 0.324. The summed E-state index contributed by atoms with van der Waals surface area (Å²) >= 11 is 0. The number of aldehydes is 1. The van der Waals surface area contributed by atoms with Crippen molar-refractivity contribution in [1.29, 1.82) is 0 Å². The van der Waals surface area contributed by atoms with Gasteiger partial charge in [-0.05, 0) is 37.1 Å². The average molecular weight is 266 g/mol. The zero-order valence-corrected chi connectivity index (χ0v) is 12.5. The van der Waals surface area contributed by atoms with Crippen molar-refractivity contribution in [3.8, 4) is 11.5 Å². The molecule has 3 heteroatoms. The Morgan fingerprint density at radius 2 is 1.53 bits per heavy atom. The van der Waals surface area contributed by atoms with Crippen molar-refractivity contribution >= 4 is 6.29 Å². The molecule has 0 spiro atoms. The summed E-state index contributed by atoms with van der Waals surface area (Å²) in [5, 5.41) is 0. The third kappa shape index (κ3) is 8.25. The number of hydrogen-bond donors (Lipinski definition) is 0. The predicted octanol–water partition coefficient (Wildman–Crippen LogP) is 4.11. The fraction of sp³-hybridized carbons (Fsp3) is 0.562. The van der Waals surface area contributed by atoms with E-state index in [-0.39, 0.29) is 0 Å². The molecule has 0 saturated heterocycles. The first-order valence-electron chi connectivity index (χ1n) is 6.85. The van der Waals surface area contributed by atoms with E-state index in [2.05, 4.69) is 13.8 Å². The fourth-order valence-corrected chi connectivity index (χ4v) is 1.55. The van der Waals surface area contributed by atoms with E-state index in [0.717, 1.165) is 30.6 Å². The number of carbonyl (C=O) groups is 1. The van der Waals surface area contributed by atoms with Gasteiger partial charge in [0.25, 0.3) is 0 Å². The summed E-state index contributed by atoms with van der Waals surface area (Å²) in [7, 11) is 3.28. The first-order chi connectivity index (χ1) is 9.21. The van der Waals surface area contributed by atoms with Crippen LogP contribution in [0.2, 0.25) is 0 Å².